The van der Waals surface area contributed by atoms with Crippen molar-refractivity contribution in [3.8, 4) is 17.2 Å². The summed E-state index contributed by atoms with van der Waals surface area (Å²) in [5.41, 5.74) is 1.49. The minimum absolute atomic E-state index is 0.0446. The SMILES string of the molecule is CCC(C)NC(=O)c1cc2occc2c(Nc2cc(OC)c(OC)c(OC)c2)n1. The fraction of sp³-hybridized carbons (Fsp3) is 0.333. The van der Waals surface area contributed by atoms with E-state index in [0.717, 1.165) is 11.8 Å². The molecule has 2 aromatic heterocycles. The lowest BCUT2D eigenvalue weighted by Crippen LogP contribution is -2.32. The van der Waals surface area contributed by atoms with Crippen LogP contribution in [0.25, 0.3) is 11.0 Å². The fourth-order valence-corrected chi connectivity index (χ4v) is 2.87. The predicted octanol–water partition coefficient (Wildman–Crippen LogP) is 4.13. The number of carbonyl (C=O) groups is 1. The molecule has 0 bridgehead atoms. The number of benzene rings is 1. The summed E-state index contributed by atoms with van der Waals surface area (Å²) >= 11 is 0. The van der Waals surface area contributed by atoms with Gasteiger partial charge in [-0.3, -0.25) is 4.79 Å². The number of rotatable bonds is 8. The van der Waals surface area contributed by atoms with E-state index in [-0.39, 0.29) is 17.6 Å². The van der Waals surface area contributed by atoms with Crippen LogP contribution in [0.15, 0.2) is 34.9 Å². The molecule has 1 unspecified atom stereocenters. The number of furan rings is 1. The zero-order valence-electron chi connectivity index (χ0n) is 17.2. The average Bonchev–Trinajstić information content (AvgIpc) is 3.21. The van der Waals surface area contributed by atoms with Gasteiger partial charge in [-0.05, 0) is 19.4 Å². The number of nitrogens with one attached hydrogen (secondary N) is 2. The van der Waals surface area contributed by atoms with Crippen molar-refractivity contribution in [3.05, 3.63) is 36.2 Å². The molecule has 3 rings (SSSR count). The Bertz CT molecular complexity index is 990. The Morgan fingerprint density at radius 2 is 1.83 bits per heavy atom. The van der Waals surface area contributed by atoms with Crippen LogP contribution >= 0.6 is 0 Å². The zero-order chi connectivity index (χ0) is 21.0. The summed E-state index contributed by atoms with van der Waals surface area (Å²) in [6.07, 6.45) is 2.38. The minimum atomic E-state index is -0.259. The summed E-state index contributed by atoms with van der Waals surface area (Å²) in [5.74, 6) is 1.72. The highest BCUT2D eigenvalue weighted by Crippen LogP contribution is 2.41. The van der Waals surface area contributed by atoms with Crippen LogP contribution in [-0.4, -0.2) is 38.3 Å². The first-order valence-electron chi connectivity index (χ1n) is 9.26. The molecule has 0 radical (unpaired) electrons. The van der Waals surface area contributed by atoms with Crippen LogP contribution in [-0.2, 0) is 0 Å². The molecule has 1 amide bonds. The summed E-state index contributed by atoms with van der Waals surface area (Å²) in [6, 6.07) is 7.00. The maximum atomic E-state index is 12.6. The lowest BCUT2D eigenvalue weighted by Gasteiger charge is -2.16. The standard InChI is InChI=1S/C21H25N3O5/c1-6-12(2)22-21(25)15-11-16-14(7-8-29-16)20(24-15)23-13-9-17(26-3)19(28-5)18(10-13)27-4/h7-12H,6H2,1-5H3,(H,22,25)(H,23,24). The molecule has 0 aliphatic rings. The summed E-state index contributed by atoms with van der Waals surface area (Å²) in [5, 5.41) is 6.90. The smallest absolute Gasteiger partial charge is 0.270 e. The number of methoxy groups -OCH3 is 3. The Morgan fingerprint density at radius 1 is 1.14 bits per heavy atom. The normalized spacial score (nSPS) is 11.8. The second-order valence-corrected chi connectivity index (χ2v) is 6.51. The monoisotopic (exact) mass is 399 g/mol. The van der Waals surface area contributed by atoms with Crippen LogP contribution in [0.1, 0.15) is 30.8 Å². The van der Waals surface area contributed by atoms with Gasteiger partial charge in [0.05, 0.1) is 33.0 Å². The molecule has 3 aromatic rings. The summed E-state index contributed by atoms with van der Waals surface area (Å²) in [6.45, 7) is 3.95. The second kappa shape index (κ2) is 8.72. The molecule has 154 valence electrons. The van der Waals surface area contributed by atoms with Crippen molar-refractivity contribution >= 4 is 28.4 Å². The average molecular weight is 399 g/mol. The van der Waals surface area contributed by atoms with Gasteiger partial charge in [0.2, 0.25) is 5.75 Å². The Balaban J connectivity index is 2.02. The van der Waals surface area contributed by atoms with E-state index in [9.17, 15) is 4.79 Å². The molecule has 2 heterocycles. The molecule has 8 nitrogen and oxygen atoms in total. The number of carbonyl (C=O) groups excluding carboxylic acids is 1. The molecule has 1 aromatic carbocycles. The van der Waals surface area contributed by atoms with Crippen LogP contribution in [0.3, 0.4) is 0 Å². The number of hydrogen-bond acceptors (Lipinski definition) is 7. The molecule has 1 atom stereocenters. The Labute approximate surface area is 169 Å². The summed E-state index contributed by atoms with van der Waals surface area (Å²) < 4.78 is 21.7. The van der Waals surface area contributed by atoms with Gasteiger partial charge >= 0.3 is 0 Å². The van der Waals surface area contributed by atoms with Crippen molar-refractivity contribution in [1.29, 1.82) is 0 Å². The van der Waals surface area contributed by atoms with Crippen molar-refractivity contribution < 1.29 is 23.4 Å². The van der Waals surface area contributed by atoms with E-state index in [4.69, 9.17) is 18.6 Å². The molecular formula is C21H25N3O5. The van der Waals surface area contributed by atoms with Crippen LogP contribution in [0.5, 0.6) is 17.2 Å². The highest BCUT2D eigenvalue weighted by molar-refractivity contribution is 5.99. The van der Waals surface area contributed by atoms with Gasteiger partial charge in [-0.1, -0.05) is 6.92 Å². The van der Waals surface area contributed by atoms with Gasteiger partial charge in [0.15, 0.2) is 11.5 Å². The van der Waals surface area contributed by atoms with Crippen molar-refractivity contribution in [1.82, 2.24) is 10.3 Å². The third-order valence-corrected chi connectivity index (χ3v) is 4.60. The third kappa shape index (κ3) is 4.21. The summed E-state index contributed by atoms with van der Waals surface area (Å²) in [7, 11) is 4.64. The molecule has 0 aliphatic carbocycles. The quantitative estimate of drug-likeness (QED) is 0.588. The topological polar surface area (TPSA) is 94.9 Å². The third-order valence-electron chi connectivity index (χ3n) is 4.60. The number of anilines is 2. The Hall–Kier alpha value is -3.42. The maximum Gasteiger partial charge on any atom is 0.270 e. The van der Waals surface area contributed by atoms with Crippen LogP contribution in [0, 0.1) is 0 Å². The highest BCUT2D eigenvalue weighted by Gasteiger charge is 2.18. The van der Waals surface area contributed by atoms with E-state index < -0.39 is 0 Å². The van der Waals surface area contributed by atoms with E-state index in [1.54, 1.807) is 51.9 Å². The lowest BCUT2D eigenvalue weighted by molar-refractivity contribution is 0.0934. The first-order valence-corrected chi connectivity index (χ1v) is 9.26. The van der Waals surface area contributed by atoms with E-state index >= 15 is 0 Å². The van der Waals surface area contributed by atoms with Gasteiger partial charge in [0, 0.05) is 29.9 Å². The van der Waals surface area contributed by atoms with Crippen LogP contribution < -0.4 is 24.8 Å². The largest absolute Gasteiger partial charge is 0.493 e. The summed E-state index contributed by atoms with van der Waals surface area (Å²) in [4.78, 5) is 17.1. The van der Waals surface area contributed by atoms with E-state index in [2.05, 4.69) is 15.6 Å². The molecule has 8 heteroatoms. The van der Waals surface area contributed by atoms with Gasteiger partial charge < -0.3 is 29.3 Å². The van der Waals surface area contributed by atoms with Gasteiger partial charge in [-0.25, -0.2) is 4.98 Å². The zero-order valence-corrected chi connectivity index (χ0v) is 17.2. The number of aromatic nitrogens is 1. The van der Waals surface area contributed by atoms with Crippen molar-refractivity contribution in [2.24, 2.45) is 0 Å². The fourth-order valence-electron chi connectivity index (χ4n) is 2.87. The molecule has 29 heavy (non-hydrogen) atoms. The Kier molecular flexibility index (Phi) is 6.11. The number of hydrogen-bond donors (Lipinski definition) is 2. The second-order valence-electron chi connectivity index (χ2n) is 6.51. The number of ether oxygens (including phenoxy) is 3. The number of nitrogens with zero attached hydrogens (tertiary/aromatic N) is 1. The van der Waals surface area contributed by atoms with Crippen LogP contribution in [0.4, 0.5) is 11.5 Å². The van der Waals surface area contributed by atoms with E-state index in [0.29, 0.717) is 34.3 Å². The van der Waals surface area contributed by atoms with Crippen LogP contribution in [0.2, 0.25) is 0 Å². The first-order chi connectivity index (χ1) is 14.0. The molecule has 0 aliphatic heterocycles. The highest BCUT2D eigenvalue weighted by atomic mass is 16.5. The number of fused-ring (bicyclic) bond motifs is 1. The van der Waals surface area contributed by atoms with E-state index in [1.807, 2.05) is 13.8 Å². The predicted molar refractivity (Wildman–Crippen MR) is 111 cm³/mol. The Morgan fingerprint density at radius 3 is 2.41 bits per heavy atom. The molecule has 0 spiro atoms. The van der Waals surface area contributed by atoms with Gasteiger partial charge in [-0.15, -0.1) is 0 Å². The number of amides is 1. The molecular weight excluding hydrogens is 374 g/mol. The van der Waals surface area contributed by atoms with E-state index in [1.165, 1.54) is 0 Å². The lowest BCUT2D eigenvalue weighted by atomic mass is 10.2. The molecule has 0 fully saturated rings. The minimum Gasteiger partial charge on any atom is -0.493 e. The van der Waals surface area contributed by atoms with Gasteiger partial charge in [-0.2, -0.15) is 0 Å². The first kappa shape index (κ1) is 20.3. The maximum absolute atomic E-state index is 12.6. The van der Waals surface area contributed by atoms with Crippen molar-refractivity contribution in [3.63, 3.8) is 0 Å². The molecule has 2 N–H and O–H groups in total. The number of pyridine rings is 1. The van der Waals surface area contributed by atoms with Crippen molar-refractivity contribution in [2.45, 2.75) is 26.3 Å². The van der Waals surface area contributed by atoms with Gasteiger partial charge in [0.1, 0.15) is 17.1 Å². The molecule has 0 saturated heterocycles. The van der Waals surface area contributed by atoms with Crippen molar-refractivity contribution in [2.75, 3.05) is 26.6 Å². The molecule has 0 saturated carbocycles. The van der Waals surface area contributed by atoms with Gasteiger partial charge in [0.25, 0.3) is 5.91 Å².